The van der Waals surface area contributed by atoms with Crippen molar-refractivity contribution in [1.82, 2.24) is 24.8 Å². The Hall–Kier alpha value is -3.48. The number of benzene rings is 1. The highest BCUT2D eigenvalue weighted by Gasteiger charge is 2.38. The van der Waals surface area contributed by atoms with Crippen molar-refractivity contribution in [3.8, 4) is 11.3 Å². The Bertz CT molecular complexity index is 1380. The van der Waals surface area contributed by atoms with Gasteiger partial charge in [-0.05, 0) is 24.1 Å². The number of hydrogen-bond acceptors (Lipinski definition) is 5. The summed E-state index contributed by atoms with van der Waals surface area (Å²) in [6.45, 7) is 3.43. The van der Waals surface area contributed by atoms with E-state index in [1.165, 1.54) is 4.90 Å². The third kappa shape index (κ3) is 5.17. The van der Waals surface area contributed by atoms with E-state index in [-0.39, 0.29) is 47.6 Å². The molecule has 37 heavy (non-hydrogen) atoms. The molecule has 198 valence electrons. The first kappa shape index (κ1) is 26.6. The van der Waals surface area contributed by atoms with E-state index in [9.17, 15) is 31.5 Å². The number of alkyl halides is 4. The minimum atomic E-state index is -4.86. The van der Waals surface area contributed by atoms with Crippen molar-refractivity contribution < 1.29 is 31.5 Å². The first-order valence-electron chi connectivity index (χ1n) is 11.2. The Kier molecular flexibility index (Phi) is 7.01. The van der Waals surface area contributed by atoms with E-state index in [4.69, 9.17) is 17.3 Å². The maximum atomic E-state index is 14.9. The normalized spacial score (nSPS) is 18.1. The average Bonchev–Trinajstić information content (AvgIpc) is 3.35. The van der Waals surface area contributed by atoms with E-state index in [1.807, 2.05) is 13.8 Å². The van der Waals surface area contributed by atoms with Gasteiger partial charge in [-0.3, -0.25) is 9.59 Å². The molecule has 1 fully saturated rings. The van der Waals surface area contributed by atoms with Crippen molar-refractivity contribution in [1.29, 1.82) is 0 Å². The van der Waals surface area contributed by atoms with Crippen LogP contribution in [0.1, 0.15) is 36.2 Å². The van der Waals surface area contributed by atoms with E-state index >= 15 is 0 Å². The molecular weight excluding hydrogens is 523 g/mol. The summed E-state index contributed by atoms with van der Waals surface area (Å²) in [6.07, 6.45) is -5.29. The third-order valence-corrected chi connectivity index (χ3v) is 6.28. The van der Waals surface area contributed by atoms with Crippen molar-refractivity contribution >= 4 is 34.7 Å². The van der Waals surface area contributed by atoms with Crippen LogP contribution in [0.5, 0.6) is 0 Å². The van der Waals surface area contributed by atoms with Crippen LogP contribution in [-0.4, -0.2) is 56.6 Å². The second-order valence-electron chi connectivity index (χ2n) is 9.15. The zero-order valence-electron chi connectivity index (χ0n) is 19.6. The van der Waals surface area contributed by atoms with Gasteiger partial charge in [0.05, 0.1) is 34.4 Å². The van der Waals surface area contributed by atoms with E-state index in [1.54, 1.807) is 0 Å². The lowest BCUT2D eigenvalue weighted by Crippen LogP contribution is -2.42. The molecule has 0 bridgehead atoms. The lowest BCUT2D eigenvalue weighted by atomic mass is 10.1. The molecule has 3 N–H and O–H groups in total. The van der Waals surface area contributed by atoms with Gasteiger partial charge in [0, 0.05) is 18.5 Å². The molecule has 1 aliphatic rings. The fraction of sp³-hybridized carbons (Fsp3) is 0.391. The summed E-state index contributed by atoms with van der Waals surface area (Å²) < 4.78 is 71.3. The molecule has 1 aliphatic heterocycles. The predicted molar refractivity (Wildman–Crippen MR) is 125 cm³/mol. The van der Waals surface area contributed by atoms with Gasteiger partial charge in [0.25, 0.3) is 5.91 Å². The predicted octanol–water partition coefficient (Wildman–Crippen LogP) is 4.11. The molecule has 2 atom stereocenters. The summed E-state index contributed by atoms with van der Waals surface area (Å²) in [5.74, 6) is -2.57. The van der Waals surface area contributed by atoms with Crippen LogP contribution in [0.15, 0.2) is 24.5 Å². The molecule has 4 rings (SSSR count). The van der Waals surface area contributed by atoms with Crippen LogP contribution in [0.3, 0.4) is 0 Å². The molecule has 0 saturated carbocycles. The monoisotopic (exact) mass is 544 g/mol. The van der Waals surface area contributed by atoms with Gasteiger partial charge in [0.1, 0.15) is 23.8 Å². The number of rotatable bonds is 5. The van der Waals surface area contributed by atoms with E-state index in [2.05, 4.69) is 15.4 Å². The van der Waals surface area contributed by atoms with Gasteiger partial charge in [-0.25, -0.2) is 18.3 Å². The lowest BCUT2D eigenvalue weighted by Gasteiger charge is -2.18. The summed E-state index contributed by atoms with van der Waals surface area (Å²) in [5, 5.41) is 5.88. The van der Waals surface area contributed by atoms with Crippen LogP contribution in [-0.2, 0) is 11.0 Å². The lowest BCUT2D eigenvalue weighted by molar-refractivity contribution is -0.136. The summed E-state index contributed by atoms with van der Waals surface area (Å²) >= 11 is 6.07. The molecule has 3 aromatic rings. The Morgan fingerprint density at radius 2 is 1.95 bits per heavy atom. The molecular formula is C23H22ClF5N6O2. The molecule has 0 radical (unpaired) electrons. The van der Waals surface area contributed by atoms with Gasteiger partial charge >= 0.3 is 6.18 Å². The molecule has 1 saturated heterocycles. The number of amides is 2. The average molecular weight is 545 g/mol. The van der Waals surface area contributed by atoms with Crippen molar-refractivity contribution in [3.05, 3.63) is 46.5 Å². The minimum Gasteiger partial charge on any atom is -0.382 e. The molecule has 1 aromatic carbocycles. The molecule has 0 aliphatic carbocycles. The smallest absolute Gasteiger partial charge is 0.382 e. The van der Waals surface area contributed by atoms with Crippen LogP contribution >= 0.6 is 11.6 Å². The molecule has 14 heteroatoms. The second kappa shape index (κ2) is 9.77. The van der Waals surface area contributed by atoms with Crippen LogP contribution in [0.25, 0.3) is 16.8 Å². The van der Waals surface area contributed by atoms with Gasteiger partial charge in [-0.15, -0.1) is 0 Å². The van der Waals surface area contributed by atoms with E-state index in [0.717, 1.165) is 23.0 Å². The van der Waals surface area contributed by atoms with Crippen LogP contribution in [0, 0.1) is 11.7 Å². The molecule has 8 nitrogen and oxygen atoms in total. The second-order valence-corrected chi connectivity index (χ2v) is 9.56. The van der Waals surface area contributed by atoms with Crippen molar-refractivity contribution in [2.24, 2.45) is 5.92 Å². The number of aromatic nitrogens is 3. The van der Waals surface area contributed by atoms with Crippen LogP contribution in [0.4, 0.5) is 27.8 Å². The van der Waals surface area contributed by atoms with Crippen molar-refractivity contribution in [3.63, 3.8) is 0 Å². The summed E-state index contributed by atoms with van der Waals surface area (Å²) in [4.78, 5) is 30.1. The Morgan fingerprint density at radius 1 is 1.24 bits per heavy atom. The first-order valence-corrected chi connectivity index (χ1v) is 11.6. The Balaban J connectivity index is 1.68. The highest BCUT2D eigenvalue weighted by Crippen LogP contribution is 2.39. The Labute approximate surface area is 212 Å². The summed E-state index contributed by atoms with van der Waals surface area (Å²) in [5.41, 5.74) is 2.78. The van der Waals surface area contributed by atoms with Crippen molar-refractivity contribution in [2.45, 2.75) is 38.7 Å². The number of nitrogens with one attached hydrogen (secondary N) is 1. The third-order valence-electron chi connectivity index (χ3n) is 5.97. The SMILES string of the molecule is CC(C)CC(=O)N1C[C@H](F)[C@H](NC(=O)c2cc(-c3cc(C(F)(F)F)c4c(N)ncnn34)c(F)cc2Cl)C1. The fourth-order valence-electron chi connectivity index (χ4n) is 4.22. The van der Waals surface area contributed by atoms with Crippen molar-refractivity contribution in [2.75, 3.05) is 18.8 Å². The quantitative estimate of drug-likeness (QED) is 0.470. The zero-order chi connectivity index (χ0) is 27.2. The number of nitrogens with zero attached hydrogens (tertiary/aromatic N) is 4. The molecule has 0 spiro atoms. The number of halogens is 6. The van der Waals surface area contributed by atoms with E-state index in [0.29, 0.717) is 6.07 Å². The van der Waals surface area contributed by atoms with E-state index < -0.39 is 52.6 Å². The van der Waals surface area contributed by atoms with Gasteiger partial charge in [0.2, 0.25) is 5.91 Å². The summed E-state index contributed by atoms with van der Waals surface area (Å²) in [6, 6.07) is 1.31. The summed E-state index contributed by atoms with van der Waals surface area (Å²) in [7, 11) is 0. The number of anilines is 1. The highest BCUT2D eigenvalue weighted by atomic mass is 35.5. The maximum absolute atomic E-state index is 14.9. The number of carbonyl (C=O) groups is 2. The molecule has 0 unspecified atom stereocenters. The Morgan fingerprint density at radius 3 is 2.59 bits per heavy atom. The van der Waals surface area contributed by atoms with Gasteiger partial charge < -0.3 is 16.0 Å². The minimum absolute atomic E-state index is 0.0688. The highest BCUT2D eigenvalue weighted by molar-refractivity contribution is 6.34. The maximum Gasteiger partial charge on any atom is 0.418 e. The number of nitrogen functional groups attached to an aromatic ring is 1. The number of nitrogens with two attached hydrogens (primary N) is 1. The van der Waals surface area contributed by atoms with Gasteiger partial charge in [-0.1, -0.05) is 25.4 Å². The molecule has 3 heterocycles. The van der Waals surface area contributed by atoms with Crippen LogP contribution < -0.4 is 11.1 Å². The molecule has 2 aromatic heterocycles. The largest absolute Gasteiger partial charge is 0.418 e. The van der Waals surface area contributed by atoms with Crippen LogP contribution in [0.2, 0.25) is 5.02 Å². The first-order chi connectivity index (χ1) is 17.3. The van der Waals surface area contributed by atoms with Gasteiger partial charge in [0.15, 0.2) is 5.82 Å². The number of carbonyl (C=O) groups excluding carboxylic acids is 2. The number of fused-ring (bicyclic) bond motifs is 1. The fourth-order valence-corrected chi connectivity index (χ4v) is 4.46. The topological polar surface area (TPSA) is 106 Å². The number of hydrogen-bond donors (Lipinski definition) is 2. The molecule has 2 amide bonds. The number of likely N-dealkylation sites (tertiary alicyclic amines) is 1. The standard InChI is InChI=1S/C23H22ClF5N6O2/c1-10(2)3-19(36)34-7-16(26)17(8-34)33-22(37)11-4-12(15(25)6-14(11)24)18-5-13(23(27,28)29)20-21(30)31-9-32-35(18)20/h4-6,9-10,16-17H,3,7-8H2,1-2H3,(H,33,37)(H2,30,31,32)/t16-,17+/m0/s1. The zero-order valence-corrected chi connectivity index (χ0v) is 20.4. The van der Waals surface area contributed by atoms with Gasteiger partial charge in [-0.2, -0.15) is 18.3 Å².